The predicted molar refractivity (Wildman–Crippen MR) is 68.0 cm³/mol. The molecule has 2 unspecified atom stereocenters. The van der Waals surface area contributed by atoms with Crippen LogP contribution in [0.15, 0.2) is 18.2 Å². The van der Waals surface area contributed by atoms with Crippen molar-refractivity contribution in [2.75, 3.05) is 26.9 Å². The monoisotopic (exact) mass is 252 g/mol. The van der Waals surface area contributed by atoms with Gasteiger partial charge in [0.1, 0.15) is 13.2 Å². The van der Waals surface area contributed by atoms with Crippen LogP contribution in [0.25, 0.3) is 0 Å². The Balaban J connectivity index is 2.08. The van der Waals surface area contributed by atoms with Gasteiger partial charge in [-0.15, -0.1) is 0 Å². The predicted octanol–water partition coefficient (Wildman–Crippen LogP) is 2.16. The molecule has 1 aromatic carbocycles. The number of fused-ring (bicyclic) bond motifs is 1. The highest BCUT2D eigenvalue weighted by molar-refractivity contribution is 5.44. The molecular weight excluding hydrogens is 232 g/mol. The van der Waals surface area contributed by atoms with Gasteiger partial charge in [0.2, 0.25) is 0 Å². The highest BCUT2D eigenvalue weighted by Crippen LogP contribution is 2.34. The number of methoxy groups -OCH3 is 1. The van der Waals surface area contributed by atoms with Gasteiger partial charge in [0.25, 0.3) is 0 Å². The van der Waals surface area contributed by atoms with Crippen molar-refractivity contribution in [1.82, 2.24) is 0 Å². The molecule has 4 nitrogen and oxygen atoms in total. The van der Waals surface area contributed by atoms with E-state index in [1.54, 1.807) is 7.11 Å². The Labute approximate surface area is 107 Å². The molecule has 2 rings (SSSR count). The quantitative estimate of drug-likeness (QED) is 0.872. The Morgan fingerprint density at radius 3 is 2.72 bits per heavy atom. The van der Waals surface area contributed by atoms with Gasteiger partial charge in [-0.25, -0.2) is 0 Å². The van der Waals surface area contributed by atoms with E-state index in [1.807, 2.05) is 25.1 Å². The number of hydrogen-bond donors (Lipinski definition) is 1. The standard InChI is InChI=1S/C14H20O4/c1-10(5-6-16-2)14(15)11-3-4-12-13(9-11)18-8-7-17-12/h3-4,9-10,14-15H,5-8H2,1-2H3. The third-order valence-corrected chi connectivity index (χ3v) is 3.22. The van der Waals surface area contributed by atoms with Gasteiger partial charge in [0.05, 0.1) is 6.10 Å². The van der Waals surface area contributed by atoms with Crippen LogP contribution in [0.1, 0.15) is 25.0 Å². The molecule has 0 spiro atoms. The highest BCUT2D eigenvalue weighted by atomic mass is 16.6. The lowest BCUT2D eigenvalue weighted by Gasteiger charge is -2.22. The van der Waals surface area contributed by atoms with Crippen LogP contribution in [0.4, 0.5) is 0 Å². The fraction of sp³-hybridized carbons (Fsp3) is 0.571. The van der Waals surface area contributed by atoms with E-state index in [4.69, 9.17) is 14.2 Å². The SMILES string of the molecule is COCCC(C)C(O)c1ccc2c(c1)OCCO2. The highest BCUT2D eigenvalue weighted by Gasteiger charge is 2.19. The fourth-order valence-electron chi connectivity index (χ4n) is 2.03. The van der Waals surface area contributed by atoms with E-state index in [2.05, 4.69) is 0 Å². The van der Waals surface area contributed by atoms with Gasteiger partial charge in [-0.3, -0.25) is 0 Å². The minimum Gasteiger partial charge on any atom is -0.486 e. The summed E-state index contributed by atoms with van der Waals surface area (Å²) in [5.41, 5.74) is 0.864. The molecule has 1 aliphatic rings. The van der Waals surface area contributed by atoms with Crippen molar-refractivity contribution in [2.45, 2.75) is 19.4 Å². The summed E-state index contributed by atoms with van der Waals surface area (Å²) in [6.45, 7) is 3.81. The minimum absolute atomic E-state index is 0.146. The third kappa shape index (κ3) is 2.94. The molecule has 18 heavy (non-hydrogen) atoms. The molecule has 1 N–H and O–H groups in total. The average molecular weight is 252 g/mol. The van der Waals surface area contributed by atoms with Crippen molar-refractivity contribution in [3.8, 4) is 11.5 Å². The second-order valence-corrected chi connectivity index (χ2v) is 4.61. The summed E-state index contributed by atoms with van der Waals surface area (Å²) in [6.07, 6.45) is 0.322. The van der Waals surface area contributed by atoms with E-state index in [0.717, 1.165) is 23.5 Å². The Bertz CT molecular complexity index is 391. The normalized spacial score (nSPS) is 17.3. The lowest BCUT2D eigenvalue weighted by molar-refractivity contribution is 0.0879. The second-order valence-electron chi connectivity index (χ2n) is 4.61. The van der Waals surface area contributed by atoms with Crippen LogP contribution < -0.4 is 9.47 Å². The van der Waals surface area contributed by atoms with Gasteiger partial charge in [0, 0.05) is 13.7 Å². The van der Waals surface area contributed by atoms with Crippen LogP contribution in [-0.4, -0.2) is 32.0 Å². The van der Waals surface area contributed by atoms with Gasteiger partial charge in [-0.2, -0.15) is 0 Å². The van der Waals surface area contributed by atoms with Crippen LogP contribution in [0.3, 0.4) is 0 Å². The molecule has 1 heterocycles. The molecule has 0 aromatic heterocycles. The number of hydrogen-bond acceptors (Lipinski definition) is 4. The number of aliphatic hydroxyl groups is 1. The van der Waals surface area contributed by atoms with E-state index >= 15 is 0 Å². The summed E-state index contributed by atoms with van der Waals surface area (Å²) in [4.78, 5) is 0. The maximum atomic E-state index is 10.3. The summed E-state index contributed by atoms with van der Waals surface area (Å²) < 4.78 is 16.0. The third-order valence-electron chi connectivity index (χ3n) is 3.22. The van der Waals surface area contributed by atoms with E-state index in [9.17, 15) is 5.11 Å². The smallest absolute Gasteiger partial charge is 0.161 e. The summed E-state index contributed by atoms with van der Waals surface area (Å²) in [5.74, 6) is 1.62. The fourth-order valence-corrected chi connectivity index (χ4v) is 2.03. The van der Waals surface area contributed by atoms with Crippen molar-refractivity contribution in [3.63, 3.8) is 0 Å². The summed E-state index contributed by atoms with van der Waals surface area (Å²) >= 11 is 0. The molecule has 4 heteroatoms. The number of ether oxygens (including phenoxy) is 3. The molecule has 0 saturated heterocycles. The second kappa shape index (κ2) is 6.07. The summed E-state index contributed by atoms with van der Waals surface area (Å²) in [7, 11) is 1.67. The topological polar surface area (TPSA) is 47.9 Å². The van der Waals surface area contributed by atoms with Gasteiger partial charge in [0.15, 0.2) is 11.5 Å². The molecule has 1 aromatic rings. The summed E-state index contributed by atoms with van der Waals surface area (Å²) in [6, 6.07) is 5.61. The van der Waals surface area contributed by atoms with E-state index in [1.165, 1.54) is 0 Å². The van der Waals surface area contributed by atoms with Crippen LogP contribution >= 0.6 is 0 Å². The van der Waals surface area contributed by atoms with Gasteiger partial charge >= 0.3 is 0 Å². The van der Waals surface area contributed by atoms with E-state index in [0.29, 0.717) is 19.8 Å². The van der Waals surface area contributed by atoms with E-state index in [-0.39, 0.29) is 5.92 Å². The van der Waals surface area contributed by atoms with Crippen molar-refractivity contribution < 1.29 is 19.3 Å². The van der Waals surface area contributed by atoms with E-state index < -0.39 is 6.10 Å². The number of rotatable bonds is 5. The average Bonchev–Trinajstić information content (AvgIpc) is 2.43. The Morgan fingerprint density at radius 1 is 1.28 bits per heavy atom. The first-order chi connectivity index (χ1) is 8.72. The molecule has 1 aliphatic heterocycles. The molecule has 0 fully saturated rings. The van der Waals surface area contributed by atoms with Gasteiger partial charge in [-0.05, 0) is 30.0 Å². The minimum atomic E-state index is -0.504. The molecule has 100 valence electrons. The van der Waals surface area contributed by atoms with Crippen LogP contribution in [-0.2, 0) is 4.74 Å². The molecule has 0 saturated carbocycles. The molecule has 0 amide bonds. The Kier molecular flexibility index (Phi) is 4.44. The molecule has 0 radical (unpaired) electrons. The molecule has 0 bridgehead atoms. The Morgan fingerprint density at radius 2 is 2.00 bits per heavy atom. The summed E-state index contributed by atoms with van der Waals surface area (Å²) in [5, 5.41) is 10.3. The Hall–Kier alpha value is -1.26. The lowest BCUT2D eigenvalue weighted by atomic mass is 9.94. The zero-order chi connectivity index (χ0) is 13.0. The first-order valence-electron chi connectivity index (χ1n) is 6.29. The van der Waals surface area contributed by atoms with Gasteiger partial charge in [-0.1, -0.05) is 13.0 Å². The van der Waals surface area contributed by atoms with Gasteiger partial charge < -0.3 is 19.3 Å². The number of benzene rings is 1. The van der Waals surface area contributed by atoms with Crippen molar-refractivity contribution >= 4 is 0 Å². The molecule has 0 aliphatic carbocycles. The van der Waals surface area contributed by atoms with Crippen molar-refractivity contribution in [1.29, 1.82) is 0 Å². The molecular formula is C14H20O4. The van der Waals surface area contributed by atoms with Crippen LogP contribution in [0.2, 0.25) is 0 Å². The van der Waals surface area contributed by atoms with Crippen molar-refractivity contribution in [2.24, 2.45) is 5.92 Å². The first-order valence-corrected chi connectivity index (χ1v) is 6.29. The number of aliphatic hydroxyl groups excluding tert-OH is 1. The lowest BCUT2D eigenvalue weighted by Crippen LogP contribution is -2.16. The first kappa shape index (κ1) is 13.2. The van der Waals surface area contributed by atoms with Crippen molar-refractivity contribution in [3.05, 3.63) is 23.8 Å². The maximum absolute atomic E-state index is 10.3. The maximum Gasteiger partial charge on any atom is 0.161 e. The van der Waals surface area contributed by atoms with Crippen LogP contribution in [0.5, 0.6) is 11.5 Å². The largest absolute Gasteiger partial charge is 0.486 e. The molecule has 2 atom stereocenters. The zero-order valence-corrected chi connectivity index (χ0v) is 10.9. The van der Waals surface area contributed by atoms with Crippen LogP contribution in [0, 0.1) is 5.92 Å². The zero-order valence-electron chi connectivity index (χ0n) is 10.9.